The third-order valence-corrected chi connectivity index (χ3v) is 5.15. The van der Waals surface area contributed by atoms with Gasteiger partial charge in [0.1, 0.15) is 5.75 Å². The summed E-state index contributed by atoms with van der Waals surface area (Å²) < 4.78 is 5.69. The number of para-hydroxylation sites is 2. The Balaban J connectivity index is 1.43. The number of benzene rings is 2. The first-order valence-corrected chi connectivity index (χ1v) is 9.20. The molecule has 0 radical (unpaired) electrons. The van der Waals surface area contributed by atoms with Crippen LogP contribution in [0.3, 0.4) is 0 Å². The minimum Gasteiger partial charge on any atom is -0.468 e. The van der Waals surface area contributed by atoms with Crippen molar-refractivity contribution in [1.29, 1.82) is 0 Å². The minimum atomic E-state index is -1.12. The lowest BCUT2D eigenvalue weighted by Crippen LogP contribution is -2.56. The van der Waals surface area contributed by atoms with Crippen LogP contribution < -0.4 is 15.0 Å². The van der Waals surface area contributed by atoms with Gasteiger partial charge in [-0.3, -0.25) is 9.59 Å². The third kappa shape index (κ3) is 3.35. The summed E-state index contributed by atoms with van der Waals surface area (Å²) in [4.78, 5) is 29.2. The highest BCUT2D eigenvalue weighted by atomic mass is 16.5. The predicted molar refractivity (Wildman–Crippen MR) is 104 cm³/mol. The second kappa shape index (κ2) is 6.95. The quantitative estimate of drug-likeness (QED) is 0.830. The minimum absolute atomic E-state index is 0.275. The molecule has 1 atom stereocenters. The van der Waals surface area contributed by atoms with Crippen molar-refractivity contribution in [2.24, 2.45) is 0 Å². The Morgan fingerprint density at radius 2 is 1.81 bits per heavy atom. The van der Waals surface area contributed by atoms with Crippen molar-refractivity contribution in [2.45, 2.75) is 20.0 Å². The van der Waals surface area contributed by atoms with E-state index < -0.39 is 12.0 Å². The van der Waals surface area contributed by atoms with Crippen LogP contribution in [0.5, 0.6) is 5.75 Å². The Kier molecular flexibility index (Phi) is 4.48. The molecule has 0 aromatic heterocycles. The van der Waals surface area contributed by atoms with E-state index in [2.05, 4.69) is 42.3 Å². The largest absolute Gasteiger partial charge is 0.468 e. The summed E-state index contributed by atoms with van der Waals surface area (Å²) in [6, 6.07) is 13.6. The fraction of sp³-hybridized carbons (Fsp3) is 0.333. The summed E-state index contributed by atoms with van der Waals surface area (Å²) in [6.45, 7) is 6.80. The van der Waals surface area contributed by atoms with Crippen LogP contribution in [0.1, 0.15) is 11.1 Å². The van der Waals surface area contributed by atoms with Crippen LogP contribution in [0.15, 0.2) is 42.5 Å². The molecule has 6 heteroatoms. The van der Waals surface area contributed by atoms with Gasteiger partial charge in [-0.2, -0.15) is 0 Å². The van der Waals surface area contributed by atoms with E-state index in [9.17, 15) is 9.59 Å². The molecule has 27 heavy (non-hydrogen) atoms. The first-order chi connectivity index (χ1) is 13.0. The van der Waals surface area contributed by atoms with Crippen LogP contribution in [-0.2, 0) is 9.59 Å². The molecule has 6 nitrogen and oxygen atoms in total. The number of aryl methyl sites for hydroxylation is 2. The van der Waals surface area contributed by atoms with Crippen molar-refractivity contribution in [1.82, 2.24) is 4.90 Å². The molecule has 140 valence electrons. The fourth-order valence-electron chi connectivity index (χ4n) is 3.61. The van der Waals surface area contributed by atoms with Crippen LogP contribution in [-0.4, -0.2) is 49.0 Å². The predicted octanol–water partition coefficient (Wildman–Crippen LogP) is 2.35. The summed E-state index contributed by atoms with van der Waals surface area (Å²) in [5, 5.41) is 2.76. The number of piperazine rings is 1. The number of amides is 2. The SMILES string of the molecule is Cc1ccc(C)c(N2CCN(C(=O)[C@@H]3Oc4ccccc4NC3=O)CC2)c1. The summed E-state index contributed by atoms with van der Waals surface area (Å²) in [5.41, 5.74) is 4.26. The molecule has 0 aliphatic carbocycles. The van der Waals surface area contributed by atoms with Crippen molar-refractivity contribution in [3.05, 3.63) is 53.6 Å². The van der Waals surface area contributed by atoms with Gasteiger partial charge in [0.05, 0.1) is 5.69 Å². The topological polar surface area (TPSA) is 61.9 Å². The van der Waals surface area contributed by atoms with Crippen molar-refractivity contribution in [2.75, 3.05) is 36.4 Å². The van der Waals surface area contributed by atoms with E-state index in [0.717, 1.165) is 13.1 Å². The van der Waals surface area contributed by atoms with Gasteiger partial charge in [0, 0.05) is 31.9 Å². The number of hydrogen-bond acceptors (Lipinski definition) is 4. The highest BCUT2D eigenvalue weighted by Gasteiger charge is 2.37. The summed E-state index contributed by atoms with van der Waals surface area (Å²) in [5.74, 6) is -0.150. The second-order valence-corrected chi connectivity index (χ2v) is 7.09. The second-order valence-electron chi connectivity index (χ2n) is 7.09. The maximum atomic E-state index is 12.9. The molecule has 2 aromatic rings. The van der Waals surface area contributed by atoms with Crippen molar-refractivity contribution in [3.63, 3.8) is 0 Å². The van der Waals surface area contributed by atoms with Gasteiger partial charge in [0.15, 0.2) is 0 Å². The Bertz CT molecular complexity index is 888. The van der Waals surface area contributed by atoms with Gasteiger partial charge in [0.25, 0.3) is 17.9 Å². The van der Waals surface area contributed by atoms with Crippen LogP contribution >= 0.6 is 0 Å². The average Bonchev–Trinajstić information content (AvgIpc) is 2.69. The van der Waals surface area contributed by atoms with Crippen LogP contribution in [0, 0.1) is 13.8 Å². The summed E-state index contributed by atoms with van der Waals surface area (Å²) in [7, 11) is 0. The smallest absolute Gasteiger partial charge is 0.275 e. The van der Waals surface area contributed by atoms with Crippen molar-refractivity contribution in [3.8, 4) is 5.75 Å². The third-order valence-electron chi connectivity index (χ3n) is 5.15. The molecule has 0 saturated carbocycles. The molecule has 0 unspecified atom stereocenters. The molecular weight excluding hydrogens is 342 g/mol. The molecule has 2 heterocycles. The average molecular weight is 365 g/mol. The molecule has 2 aromatic carbocycles. The molecule has 2 amide bonds. The maximum Gasteiger partial charge on any atom is 0.275 e. The lowest BCUT2D eigenvalue weighted by Gasteiger charge is -2.38. The van der Waals surface area contributed by atoms with Gasteiger partial charge in [-0.1, -0.05) is 24.3 Å². The Morgan fingerprint density at radius 1 is 1.07 bits per heavy atom. The molecule has 4 rings (SSSR count). The van der Waals surface area contributed by atoms with Crippen LogP contribution in [0.25, 0.3) is 0 Å². The van der Waals surface area contributed by atoms with E-state index in [0.29, 0.717) is 24.5 Å². The molecule has 1 fully saturated rings. The van der Waals surface area contributed by atoms with Crippen molar-refractivity contribution >= 4 is 23.2 Å². The van der Waals surface area contributed by atoms with Gasteiger partial charge in [-0.25, -0.2) is 0 Å². The van der Waals surface area contributed by atoms with Gasteiger partial charge in [0.2, 0.25) is 0 Å². The van der Waals surface area contributed by atoms with Gasteiger partial charge < -0.3 is 19.9 Å². The van der Waals surface area contributed by atoms with Crippen LogP contribution in [0.4, 0.5) is 11.4 Å². The summed E-state index contributed by atoms with van der Waals surface area (Å²) >= 11 is 0. The van der Waals surface area contributed by atoms with Gasteiger partial charge in [-0.05, 0) is 43.2 Å². The zero-order chi connectivity index (χ0) is 19.0. The molecule has 2 aliphatic rings. The number of hydrogen-bond donors (Lipinski definition) is 1. The zero-order valence-corrected chi connectivity index (χ0v) is 15.6. The number of carbonyl (C=O) groups is 2. The number of anilines is 2. The maximum absolute atomic E-state index is 12.9. The number of fused-ring (bicyclic) bond motifs is 1. The summed E-state index contributed by atoms with van der Waals surface area (Å²) in [6.07, 6.45) is -1.12. The Morgan fingerprint density at radius 3 is 2.59 bits per heavy atom. The number of nitrogens with one attached hydrogen (secondary N) is 1. The monoisotopic (exact) mass is 365 g/mol. The van der Waals surface area contributed by atoms with E-state index in [4.69, 9.17) is 4.74 Å². The van der Waals surface area contributed by atoms with E-state index in [1.54, 1.807) is 17.0 Å². The van der Waals surface area contributed by atoms with E-state index in [1.165, 1.54) is 16.8 Å². The standard InChI is InChI=1S/C21H23N3O3/c1-14-7-8-15(2)17(13-14)23-9-11-24(12-10-23)21(26)19-20(25)22-16-5-3-4-6-18(16)27-19/h3-8,13,19H,9-12H2,1-2H3,(H,22,25)/t19-/m1/s1. The first kappa shape index (κ1) is 17.4. The van der Waals surface area contributed by atoms with Crippen LogP contribution in [0.2, 0.25) is 0 Å². The van der Waals surface area contributed by atoms with E-state index in [-0.39, 0.29) is 5.91 Å². The van der Waals surface area contributed by atoms with E-state index in [1.807, 2.05) is 12.1 Å². The number of carbonyl (C=O) groups excluding carboxylic acids is 2. The molecule has 0 bridgehead atoms. The number of nitrogens with zero attached hydrogens (tertiary/aromatic N) is 2. The zero-order valence-electron chi connectivity index (χ0n) is 15.6. The lowest BCUT2D eigenvalue weighted by molar-refractivity contribution is -0.145. The fourth-order valence-corrected chi connectivity index (χ4v) is 3.61. The molecule has 1 saturated heterocycles. The number of rotatable bonds is 2. The molecule has 2 aliphatic heterocycles. The normalized spacial score (nSPS) is 19.2. The Labute approximate surface area is 158 Å². The van der Waals surface area contributed by atoms with Crippen molar-refractivity contribution < 1.29 is 14.3 Å². The Hall–Kier alpha value is -3.02. The van der Waals surface area contributed by atoms with Gasteiger partial charge in [-0.15, -0.1) is 0 Å². The first-order valence-electron chi connectivity index (χ1n) is 9.20. The molecule has 1 N–H and O–H groups in total. The van der Waals surface area contributed by atoms with Gasteiger partial charge >= 0.3 is 0 Å². The lowest BCUT2D eigenvalue weighted by atomic mass is 10.1. The molecular formula is C21H23N3O3. The highest BCUT2D eigenvalue weighted by molar-refractivity contribution is 6.11. The number of ether oxygens (including phenoxy) is 1. The highest BCUT2D eigenvalue weighted by Crippen LogP contribution is 2.29. The van der Waals surface area contributed by atoms with E-state index >= 15 is 0 Å². The molecule has 0 spiro atoms.